The molecule has 5 aromatic rings. The molecule has 5 rings (SSSR count). The Morgan fingerprint density at radius 1 is 0.455 bits per heavy atom. The highest BCUT2D eigenvalue weighted by molar-refractivity contribution is 7.82. The van der Waals surface area contributed by atoms with Gasteiger partial charge in [0.05, 0.1) is 18.9 Å². The predicted octanol–water partition coefficient (Wildman–Crippen LogP) is -4.19. The van der Waals surface area contributed by atoms with E-state index in [4.69, 9.17) is 51.8 Å². The summed E-state index contributed by atoms with van der Waals surface area (Å²) in [6, 6.07) is 6.72. The second-order valence-corrected chi connectivity index (χ2v) is 33.6. The van der Waals surface area contributed by atoms with Crippen LogP contribution in [0, 0.1) is 0 Å². The summed E-state index contributed by atoms with van der Waals surface area (Å²) < 4.78 is 2.84. The van der Waals surface area contributed by atoms with Gasteiger partial charge < -0.3 is 118 Å². The fraction of sp³-hybridized carbons (Fsp3) is 0.481. The van der Waals surface area contributed by atoms with Gasteiger partial charge in [0.1, 0.15) is 84.4 Å². The molecule has 12 atom stereocenters. The molecule has 670 valence electrons. The number of aliphatic hydroxyl groups is 1. The van der Waals surface area contributed by atoms with Gasteiger partial charge in [-0.3, -0.25) is 86.3 Å². The Morgan fingerprint density at radius 2 is 0.911 bits per heavy atom. The molecule has 123 heavy (non-hydrogen) atoms. The third-order valence-corrected chi connectivity index (χ3v) is 19.8. The summed E-state index contributed by atoms with van der Waals surface area (Å²) in [5, 5.41) is 46.0. The Labute approximate surface area is 720 Å². The van der Waals surface area contributed by atoms with Crippen molar-refractivity contribution in [3.63, 3.8) is 0 Å². The Hall–Kier alpha value is -12.4. The van der Waals surface area contributed by atoms with E-state index < -0.39 is 227 Å². The smallest absolute Gasteiger partial charge is 0.245 e. The highest BCUT2D eigenvalue weighted by atomic mass is 32.1. The van der Waals surface area contributed by atoms with Gasteiger partial charge in [-0.25, -0.2) is 0 Å². The lowest BCUT2D eigenvalue weighted by molar-refractivity contribution is -0.138. The Bertz CT molecular complexity index is 4670. The molecule has 18 amide bonds. The van der Waals surface area contributed by atoms with Crippen molar-refractivity contribution in [2.24, 2.45) is 34.4 Å². The van der Waals surface area contributed by atoms with E-state index in [-0.39, 0.29) is 64.1 Å². The molecular formula is C81H114N20O20S2. The predicted molar refractivity (Wildman–Crippen MR) is 458 cm³/mol. The van der Waals surface area contributed by atoms with E-state index >= 15 is 24.0 Å². The Balaban J connectivity index is 1.54. The summed E-state index contributed by atoms with van der Waals surface area (Å²) in [4.78, 5) is 249. The van der Waals surface area contributed by atoms with E-state index in [0.717, 1.165) is 19.2 Å². The van der Waals surface area contributed by atoms with Gasteiger partial charge in [-0.1, -0.05) is 72.8 Å². The summed E-state index contributed by atoms with van der Waals surface area (Å²) in [7, 11) is 0. The molecule has 1 heterocycles. The van der Waals surface area contributed by atoms with Crippen LogP contribution in [-0.2, 0) is 106 Å². The number of aliphatic hydroxyl groups excluding tert-OH is 1. The zero-order chi connectivity index (χ0) is 92.0. The Kier molecular flexibility index (Phi) is 38.7. The summed E-state index contributed by atoms with van der Waals surface area (Å²) in [5.74, 6) is -17.8. The quantitative estimate of drug-likeness (QED) is 0.0130. The third-order valence-electron chi connectivity index (χ3n) is 19.3. The number of H-pyrrole nitrogens is 1. The largest absolute Gasteiger partial charge is 0.492 e. The number of nitrogens with two attached hydrogens (primary N) is 6. The minimum absolute atomic E-state index is 0.120. The number of rotatable bonds is 51. The van der Waals surface area contributed by atoms with Gasteiger partial charge >= 0.3 is 0 Å². The molecule has 0 aliphatic carbocycles. The van der Waals surface area contributed by atoms with Crippen LogP contribution >= 0.6 is 25.3 Å². The number of carbonyl (C=O) groups excluding carboxylic acids is 18. The first-order chi connectivity index (χ1) is 57.6. The maximum atomic E-state index is 15.5. The number of benzene rings is 4. The molecule has 27 N–H and O–H groups in total. The fourth-order valence-corrected chi connectivity index (χ4v) is 13.1. The van der Waals surface area contributed by atoms with Crippen molar-refractivity contribution in [2.45, 2.75) is 227 Å². The number of amides is 18. The number of nitrogens with one attached hydrogen (secondary N) is 14. The molecule has 0 bridgehead atoms. The van der Waals surface area contributed by atoms with E-state index in [9.17, 15) is 67.4 Å². The van der Waals surface area contributed by atoms with Crippen LogP contribution in [0.1, 0.15) is 137 Å². The number of hydrogen-bond donors (Lipinski definition) is 23. The summed E-state index contributed by atoms with van der Waals surface area (Å²) in [6.07, 6.45) is -4.83. The van der Waals surface area contributed by atoms with Gasteiger partial charge in [-0.05, 0) is 126 Å². The molecule has 0 radical (unpaired) electrons. The van der Waals surface area contributed by atoms with E-state index in [1.807, 2.05) is 6.07 Å². The number of primary amides is 5. The van der Waals surface area contributed by atoms with Crippen LogP contribution in [0.4, 0.5) is 0 Å². The first-order valence-corrected chi connectivity index (χ1v) is 40.3. The molecule has 0 spiro atoms. The van der Waals surface area contributed by atoms with Crippen LogP contribution in [0.5, 0.6) is 5.75 Å². The molecular weight excluding hydrogens is 1640 g/mol. The molecule has 0 fully saturated rings. The van der Waals surface area contributed by atoms with Gasteiger partial charge in [-0.15, -0.1) is 0 Å². The van der Waals surface area contributed by atoms with Gasteiger partial charge in [0.15, 0.2) is 0 Å². The minimum Gasteiger partial charge on any atom is -0.492 e. The average molecular weight is 1750 g/mol. The monoisotopic (exact) mass is 1750 g/mol. The second kappa shape index (κ2) is 47.1. The van der Waals surface area contributed by atoms with Crippen LogP contribution in [0.2, 0.25) is 0 Å². The number of hydrogen-bond acceptors (Lipinski definition) is 23. The Morgan fingerprint density at radius 3 is 1.46 bits per heavy atom. The number of carbonyl (C=O) groups is 18. The summed E-state index contributed by atoms with van der Waals surface area (Å²) in [6.45, 7) is 12.3. The van der Waals surface area contributed by atoms with Gasteiger partial charge in [-0.2, -0.15) is 25.3 Å². The van der Waals surface area contributed by atoms with E-state index in [0.29, 0.717) is 38.7 Å². The number of aromatic amines is 1. The van der Waals surface area contributed by atoms with Gasteiger partial charge in [0.2, 0.25) is 106 Å². The lowest BCUT2D eigenvalue weighted by atomic mass is 9.97. The van der Waals surface area contributed by atoms with Crippen LogP contribution in [-0.4, -0.2) is 224 Å². The summed E-state index contributed by atoms with van der Waals surface area (Å²) in [5.41, 5.74) is 32.7. The number of thiol groups is 2. The fourth-order valence-electron chi connectivity index (χ4n) is 12.7. The van der Waals surface area contributed by atoms with Crippen molar-refractivity contribution >= 4 is 153 Å². The number of aromatic nitrogens is 1. The third kappa shape index (κ3) is 33.5. The molecule has 42 heteroatoms. The second-order valence-electron chi connectivity index (χ2n) is 31.3. The molecule has 0 aliphatic heterocycles. The first kappa shape index (κ1) is 101. The number of para-hydroxylation sites is 1. The number of unbranched alkanes of at least 4 members (excludes halogenated alkanes) is 1. The average Bonchev–Trinajstić information content (AvgIpc) is 1.35. The zero-order valence-corrected chi connectivity index (χ0v) is 71.6. The highest BCUT2D eigenvalue weighted by Crippen LogP contribution is 2.25. The van der Waals surface area contributed by atoms with Crippen LogP contribution in [0.15, 0.2) is 97.2 Å². The lowest BCUT2D eigenvalue weighted by Crippen LogP contribution is -2.64. The summed E-state index contributed by atoms with van der Waals surface area (Å²) >= 11 is 9.17. The standard InChI is InChI=1S/C81H114N20O20S2/c1-41(102)64(99-69(111)53(27-29-60(83)105)92-76(118)65(80(6,7)122)90-43(3)104)75(117)96-58(37-48-40-89-51-19-13-12-18-50(48)51)72(114)91-54(28-30-61(84)106)70(112)100-66(81(8,9)123)77(119)97-56(35-44-22-25-49(26-23-44)121-33-31-82)71(113)94-57(36-45-21-24-46-16-10-11-17-47(46)34-45)74(116)101-79(4,5)78(120)98-52(20-14-15-32-88-42(2)103)68(110)95-59(39-63(86)108)73(115)93-55(67(87)109)38-62(85)107/h10-13,16-19,21-26,34,40-41,52-59,64-66,89,102,122-123H,14-15,20,27-33,35-39,82H2,1-9H3,(H2,83,105)(H2,84,106)(H2,85,107)(H2,86,108)(H2,87,109)(H,88,103)(H,90,104)(H,91,114)(H,92,118)(H,93,115)(H,94,113)(H,95,110)(H,96,117)(H,97,119)(H,98,120)(H,99,111)(H,100,112)(H,101,116)/t41-,52+,53+,54+,55+,56+,57+,58+,59+,64+,65-,66-/m1/s1. The lowest BCUT2D eigenvalue weighted by Gasteiger charge is -2.33. The molecule has 0 saturated heterocycles. The van der Waals surface area contributed by atoms with Crippen molar-refractivity contribution in [3.8, 4) is 5.75 Å². The van der Waals surface area contributed by atoms with Crippen molar-refractivity contribution in [1.29, 1.82) is 0 Å². The topological polar surface area (TPSA) is 665 Å². The highest BCUT2D eigenvalue weighted by Gasteiger charge is 2.43. The molecule has 0 aliphatic rings. The molecule has 0 unspecified atom stereocenters. The SMILES string of the molecule is CC(=O)NCCCC[C@H](NC(=O)C(C)(C)NC(=O)[C@H](Cc1ccc2ccccc2c1)NC(=O)[C@H](Cc1ccc(OCCN)cc1)NC(=O)[C@@H](NC(=O)[C@H](CCC(N)=O)NC(=O)[C@H](Cc1c[nH]c2ccccc12)NC(=O)[C@@H](NC(=O)[C@H](CCC(N)=O)NC(=O)[C@@H](NC(C)=O)C(C)(C)S)[C@@H](C)O)C(C)(C)S)C(=O)N[C@@H](CC(N)=O)C(=O)N[C@@H](CC(N)=O)C(N)=O. The van der Waals surface area contributed by atoms with E-state index in [1.54, 1.807) is 84.9 Å². The number of fused-ring (bicyclic) bond motifs is 2. The van der Waals surface area contributed by atoms with Crippen molar-refractivity contribution in [2.75, 3.05) is 19.7 Å². The minimum atomic E-state index is -2.03. The normalized spacial score (nSPS) is 14.4. The maximum absolute atomic E-state index is 15.5. The molecule has 0 saturated carbocycles. The van der Waals surface area contributed by atoms with Crippen molar-refractivity contribution < 1.29 is 96.1 Å². The molecule has 1 aromatic heterocycles. The van der Waals surface area contributed by atoms with E-state index in [1.165, 1.54) is 54.7 Å². The van der Waals surface area contributed by atoms with Crippen molar-refractivity contribution in [1.82, 2.24) is 74.1 Å². The van der Waals surface area contributed by atoms with Crippen molar-refractivity contribution in [3.05, 3.63) is 114 Å². The zero-order valence-electron chi connectivity index (χ0n) is 69.8. The molecule has 4 aromatic carbocycles. The number of ether oxygens (including phenoxy) is 1. The van der Waals surface area contributed by atoms with Crippen LogP contribution < -0.4 is 108 Å². The van der Waals surface area contributed by atoms with Gasteiger partial charge in [0, 0.05) is 85.6 Å². The van der Waals surface area contributed by atoms with E-state index in [2.05, 4.69) is 86.7 Å². The molecule has 40 nitrogen and oxygen atoms in total. The van der Waals surface area contributed by atoms with Crippen LogP contribution in [0.25, 0.3) is 21.7 Å². The van der Waals surface area contributed by atoms with Gasteiger partial charge in [0.25, 0.3) is 0 Å². The van der Waals surface area contributed by atoms with Crippen LogP contribution in [0.3, 0.4) is 0 Å². The maximum Gasteiger partial charge on any atom is 0.245 e. The first-order valence-electron chi connectivity index (χ1n) is 39.4.